The predicted molar refractivity (Wildman–Crippen MR) is 147 cm³/mol. The van der Waals surface area contributed by atoms with E-state index in [1.165, 1.54) is 0 Å². The number of amides is 2. The maximum Gasteiger partial charge on any atom is 0.255 e. The third-order valence-corrected chi connectivity index (χ3v) is 8.33. The second-order valence-electron chi connectivity index (χ2n) is 9.28. The van der Waals surface area contributed by atoms with E-state index in [-0.39, 0.29) is 23.8 Å². The van der Waals surface area contributed by atoms with Crippen LogP contribution in [0.2, 0.25) is 0 Å². The molecule has 0 saturated heterocycles. The molecule has 0 spiro atoms. The summed E-state index contributed by atoms with van der Waals surface area (Å²) in [5.41, 5.74) is 3.71. The van der Waals surface area contributed by atoms with Crippen LogP contribution in [0, 0.1) is 12.8 Å². The van der Waals surface area contributed by atoms with Crippen LogP contribution < -0.4 is 5.32 Å². The monoisotopic (exact) mass is 625 g/mol. The maximum atomic E-state index is 12.9. The van der Waals surface area contributed by atoms with Gasteiger partial charge < -0.3 is 14.6 Å². The number of halogens is 2. The molecule has 0 aliphatic heterocycles. The fraction of sp³-hybridized carbons (Fsp3) is 0.259. The van der Waals surface area contributed by atoms with Crippen LogP contribution in [0.3, 0.4) is 0 Å². The first-order chi connectivity index (χ1) is 17.8. The molecule has 1 aliphatic rings. The van der Waals surface area contributed by atoms with Gasteiger partial charge in [-0.05, 0) is 81.5 Å². The Balaban J connectivity index is 1.21. The fourth-order valence-corrected chi connectivity index (χ4v) is 5.09. The SMILES string of the molecule is Cc1ccc(-c2cn(C3CC(C(=O)N(C)Cc4cc(Br)c(Br)o4)C3)nn2)cc1C(=O)Nc1ccccc1. The van der Waals surface area contributed by atoms with Crippen LogP contribution in [0.1, 0.15) is 40.6 Å². The largest absolute Gasteiger partial charge is 0.451 e. The average Bonchev–Trinajstić information content (AvgIpc) is 3.45. The van der Waals surface area contributed by atoms with Crippen LogP contribution in [0.5, 0.6) is 0 Å². The molecular formula is C27H25Br2N5O3. The lowest BCUT2D eigenvalue weighted by molar-refractivity contribution is -0.139. The van der Waals surface area contributed by atoms with Gasteiger partial charge in [-0.15, -0.1) is 5.10 Å². The molecule has 0 bridgehead atoms. The molecule has 0 atom stereocenters. The zero-order valence-electron chi connectivity index (χ0n) is 20.3. The van der Waals surface area contributed by atoms with E-state index in [1.807, 2.05) is 72.4 Å². The smallest absolute Gasteiger partial charge is 0.255 e. The van der Waals surface area contributed by atoms with Crippen molar-refractivity contribution in [1.29, 1.82) is 0 Å². The predicted octanol–water partition coefficient (Wildman–Crippen LogP) is 6.23. The highest BCUT2D eigenvalue weighted by Gasteiger charge is 2.38. The number of hydrogen-bond acceptors (Lipinski definition) is 5. The molecular weight excluding hydrogens is 602 g/mol. The quantitative estimate of drug-likeness (QED) is 0.262. The van der Waals surface area contributed by atoms with Crippen LogP contribution in [0.4, 0.5) is 5.69 Å². The zero-order valence-corrected chi connectivity index (χ0v) is 23.5. The minimum absolute atomic E-state index is 0.0582. The van der Waals surface area contributed by atoms with Gasteiger partial charge in [0.05, 0.1) is 23.3 Å². The van der Waals surface area contributed by atoms with Crippen molar-refractivity contribution in [3.05, 3.63) is 86.8 Å². The van der Waals surface area contributed by atoms with Crippen LogP contribution in [-0.2, 0) is 11.3 Å². The summed E-state index contributed by atoms with van der Waals surface area (Å²) >= 11 is 6.72. The van der Waals surface area contributed by atoms with Crippen LogP contribution in [0.15, 0.2) is 74.4 Å². The Kier molecular flexibility index (Phi) is 7.30. The number of aryl methyl sites for hydroxylation is 1. The highest BCUT2D eigenvalue weighted by molar-refractivity contribution is 9.13. The molecule has 2 aromatic heterocycles. The number of anilines is 1. The second-order valence-corrected chi connectivity index (χ2v) is 10.9. The Morgan fingerprint density at radius 1 is 1.14 bits per heavy atom. The molecule has 1 fully saturated rings. The molecule has 0 radical (unpaired) electrons. The molecule has 4 aromatic rings. The summed E-state index contributed by atoms with van der Waals surface area (Å²) in [6.45, 7) is 2.32. The standard InChI is InChI=1S/C27H25Br2N5O3/c1-16-8-9-17(12-22(16)26(35)30-19-6-4-3-5-7-19)24-15-34(32-31-24)20-10-18(11-20)27(36)33(2)14-21-13-23(28)25(29)37-21/h3-9,12-13,15,18,20H,10-11,14H2,1-2H3,(H,30,35). The number of rotatable bonds is 7. The van der Waals surface area contributed by atoms with Crippen molar-refractivity contribution in [3.8, 4) is 11.3 Å². The highest BCUT2D eigenvalue weighted by atomic mass is 79.9. The Morgan fingerprint density at radius 3 is 2.59 bits per heavy atom. The summed E-state index contributed by atoms with van der Waals surface area (Å²) in [4.78, 5) is 27.4. The van der Waals surface area contributed by atoms with Gasteiger partial charge in [-0.2, -0.15) is 0 Å². The third kappa shape index (κ3) is 5.55. The van der Waals surface area contributed by atoms with Crippen molar-refractivity contribution in [3.63, 3.8) is 0 Å². The summed E-state index contributed by atoms with van der Waals surface area (Å²) in [6, 6.07) is 17.0. The van der Waals surface area contributed by atoms with Crippen LogP contribution in [0.25, 0.3) is 11.3 Å². The molecule has 2 amide bonds. The first-order valence-corrected chi connectivity index (χ1v) is 13.4. The number of benzene rings is 2. The molecule has 2 aromatic carbocycles. The van der Waals surface area contributed by atoms with E-state index in [1.54, 1.807) is 11.9 Å². The lowest BCUT2D eigenvalue weighted by Crippen LogP contribution is -2.40. The average molecular weight is 627 g/mol. The first-order valence-electron chi connectivity index (χ1n) is 11.9. The van der Waals surface area contributed by atoms with Crippen molar-refractivity contribution in [1.82, 2.24) is 19.9 Å². The Hall–Kier alpha value is -3.24. The van der Waals surface area contributed by atoms with E-state index in [0.29, 0.717) is 41.1 Å². The van der Waals surface area contributed by atoms with Gasteiger partial charge in [-0.1, -0.05) is 35.5 Å². The van der Waals surface area contributed by atoms with Crippen molar-refractivity contribution in [2.75, 3.05) is 12.4 Å². The Bertz CT molecular complexity index is 1420. The van der Waals surface area contributed by atoms with Gasteiger partial charge in [0.25, 0.3) is 5.91 Å². The molecule has 1 aliphatic carbocycles. The summed E-state index contributed by atoms with van der Waals surface area (Å²) in [6.07, 6.45) is 3.29. The van der Waals surface area contributed by atoms with Gasteiger partial charge in [0.2, 0.25) is 5.91 Å². The van der Waals surface area contributed by atoms with Crippen molar-refractivity contribution >= 4 is 49.4 Å². The molecule has 190 valence electrons. The van der Waals surface area contributed by atoms with Gasteiger partial charge in [0.1, 0.15) is 11.5 Å². The molecule has 8 nitrogen and oxygen atoms in total. The van der Waals surface area contributed by atoms with E-state index >= 15 is 0 Å². The fourth-order valence-electron chi connectivity index (χ4n) is 4.43. The number of furan rings is 1. The third-order valence-electron chi connectivity index (χ3n) is 6.62. The van der Waals surface area contributed by atoms with Gasteiger partial charge in [-0.3, -0.25) is 9.59 Å². The molecule has 1 saturated carbocycles. The van der Waals surface area contributed by atoms with Crippen molar-refractivity contribution < 1.29 is 14.0 Å². The molecule has 37 heavy (non-hydrogen) atoms. The van der Waals surface area contributed by atoms with E-state index in [9.17, 15) is 9.59 Å². The summed E-state index contributed by atoms with van der Waals surface area (Å²) in [5, 5.41) is 11.6. The van der Waals surface area contributed by atoms with E-state index in [0.717, 1.165) is 21.3 Å². The summed E-state index contributed by atoms with van der Waals surface area (Å²) < 4.78 is 8.86. The van der Waals surface area contributed by atoms with Gasteiger partial charge >= 0.3 is 0 Å². The van der Waals surface area contributed by atoms with E-state index < -0.39 is 0 Å². The van der Waals surface area contributed by atoms with Crippen molar-refractivity contribution in [2.24, 2.45) is 5.92 Å². The number of hydrogen-bond donors (Lipinski definition) is 1. The van der Waals surface area contributed by atoms with Gasteiger partial charge in [-0.25, -0.2) is 4.68 Å². The number of carbonyl (C=O) groups is 2. The Labute approximate surface area is 231 Å². The Morgan fingerprint density at radius 2 is 1.89 bits per heavy atom. The van der Waals surface area contributed by atoms with Gasteiger partial charge in [0.15, 0.2) is 4.67 Å². The number of carbonyl (C=O) groups excluding carboxylic acids is 2. The molecule has 2 heterocycles. The summed E-state index contributed by atoms with van der Waals surface area (Å²) in [5.74, 6) is 0.572. The first kappa shape index (κ1) is 25.4. The minimum Gasteiger partial charge on any atom is -0.451 e. The number of nitrogens with zero attached hydrogens (tertiary/aromatic N) is 4. The lowest BCUT2D eigenvalue weighted by Gasteiger charge is -2.36. The van der Waals surface area contributed by atoms with E-state index in [2.05, 4.69) is 47.5 Å². The maximum absolute atomic E-state index is 12.9. The van der Waals surface area contributed by atoms with Crippen molar-refractivity contribution in [2.45, 2.75) is 32.4 Å². The minimum atomic E-state index is -0.170. The lowest BCUT2D eigenvalue weighted by atomic mass is 9.79. The normalized spacial score (nSPS) is 16.8. The van der Waals surface area contributed by atoms with Crippen LogP contribution in [-0.4, -0.2) is 38.8 Å². The van der Waals surface area contributed by atoms with Crippen LogP contribution >= 0.6 is 31.9 Å². The second kappa shape index (κ2) is 10.6. The number of aromatic nitrogens is 3. The molecule has 5 rings (SSSR count). The number of para-hydroxylation sites is 1. The van der Waals surface area contributed by atoms with Gasteiger partial charge in [0, 0.05) is 29.8 Å². The number of nitrogens with one attached hydrogen (secondary N) is 1. The zero-order chi connectivity index (χ0) is 26.1. The highest BCUT2D eigenvalue weighted by Crippen LogP contribution is 2.39. The molecule has 1 N–H and O–H groups in total. The molecule has 10 heteroatoms. The topological polar surface area (TPSA) is 93.3 Å². The summed E-state index contributed by atoms with van der Waals surface area (Å²) in [7, 11) is 1.79. The molecule has 0 unspecified atom stereocenters. The van der Waals surface area contributed by atoms with E-state index in [4.69, 9.17) is 4.42 Å².